The maximum absolute atomic E-state index is 11.0. The zero-order valence-corrected chi connectivity index (χ0v) is 10.9. The largest absolute Gasteiger partial charge is 0.469 e. The minimum Gasteiger partial charge on any atom is -0.469 e. The quantitative estimate of drug-likeness (QED) is 0.535. The predicted molar refractivity (Wildman–Crippen MR) is 67.1 cm³/mol. The summed E-state index contributed by atoms with van der Waals surface area (Å²) >= 11 is 0. The Hall–Kier alpha value is -0.850. The molecule has 1 aromatic heterocycles. The summed E-state index contributed by atoms with van der Waals surface area (Å²) in [5.74, 6) is 6.57. The van der Waals surface area contributed by atoms with Crippen molar-refractivity contribution in [2.75, 3.05) is 12.0 Å². The smallest absolute Gasteiger partial charge is 0.147 e. The first-order valence-corrected chi connectivity index (χ1v) is 7.73. The van der Waals surface area contributed by atoms with Crippen LogP contribution in [0.25, 0.3) is 0 Å². The molecule has 0 bridgehead atoms. The molecule has 0 saturated carbocycles. The number of nitrogens with one attached hydrogen (secondary N) is 1. The van der Waals surface area contributed by atoms with Crippen LogP contribution in [0.4, 0.5) is 0 Å². The molecule has 0 spiro atoms. The molecule has 5 nitrogen and oxygen atoms in total. The minimum atomic E-state index is -2.87. The van der Waals surface area contributed by atoms with Gasteiger partial charge in [0.25, 0.3) is 0 Å². The average molecular weight is 260 g/mol. The van der Waals surface area contributed by atoms with Crippen LogP contribution in [-0.2, 0) is 16.3 Å². The third kappa shape index (κ3) is 6.45. The van der Waals surface area contributed by atoms with Gasteiger partial charge < -0.3 is 4.42 Å². The lowest BCUT2D eigenvalue weighted by Crippen LogP contribution is -2.35. The molecule has 17 heavy (non-hydrogen) atoms. The second-order valence-electron chi connectivity index (χ2n) is 4.25. The van der Waals surface area contributed by atoms with Crippen LogP contribution in [0.3, 0.4) is 0 Å². The SMILES string of the molecule is CS(=O)(=O)CCCC(CCc1ccco1)NN. The van der Waals surface area contributed by atoms with Crippen molar-refractivity contribution in [1.29, 1.82) is 0 Å². The molecule has 0 fully saturated rings. The lowest BCUT2D eigenvalue weighted by atomic mass is 10.1. The standard InChI is InChI=1S/C11H20N2O3S/c1-17(14,15)9-3-4-10(13-12)6-7-11-5-2-8-16-11/h2,5,8,10,13H,3-4,6-7,9,12H2,1H3. The van der Waals surface area contributed by atoms with E-state index in [1.165, 1.54) is 6.26 Å². The van der Waals surface area contributed by atoms with E-state index in [1.807, 2.05) is 12.1 Å². The van der Waals surface area contributed by atoms with E-state index >= 15 is 0 Å². The third-order valence-electron chi connectivity index (χ3n) is 2.62. The molecule has 3 N–H and O–H groups in total. The molecule has 0 saturated heterocycles. The van der Waals surface area contributed by atoms with Gasteiger partial charge >= 0.3 is 0 Å². The first-order valence-electron chi connectivity index (χ1n) is 5.67. The number of hydrogen-bond donors (Lipinski definition) is 2. The van der Waals surface area contributed by atoms with Crippen LogP contribution in [0.15, 0.2) is 22.8 Å². The van der Waals surface area contributed by atoms with E-state index in [2.05, 4.69) is 5.43 Å². The fraction of sp³-hybridized carbons (Fsp3) is 0.636. The molecule has 1 aromatic rings. The van der Waals surface area contributed by atoms with E-state index in [0.717, 1.165) is 25.0 Å². The van der Waals surface area contributed by atoms with Crippen LogP contribution >= 0.6 is 0 Å². The van der Waals surface area contributed by atoms with Crippen molar-refractivity contribution >= 4 is 9.84 Å². The van der Waals surface area contributed by atoms with Gasteiger partial charge in [-0.1, -0.05) is 0 Å². The second-order valence-corrected chi connectivity index (χ2v) is 6.51. The molecule has 0 aliphatic carbocycles. The Balaban J connectivity index is 2.24. The summed E-state index contributed by atoms with van der Waals surface area (Å²) in [6, 6.07) is 3.90. The van der Waals surface area contributed by atoms with E-state index in [9.17, 15) is 8.42 Å². The van der Waals surface area contributed by atoms with E-state index in [1.54, 1.807) is 6.26 Å². The number of nitrogens with two attached hydrogens (primary N) is 1. The topological polar surface area (TPSA) is 85.3 Å². The molecule has 0 amide bonds. The highest BCUT2D eigenvalue weighted by Gasteiger charge is 2.10. The van der Waals surface area contributed by atoms with E-state index in [0.29, 0.717) is 6.42 Å². The molecule has 0 radical (unpaired) electrons. The van der Waals surface area contributed by atoms with Gasteiger partial charge in [-0.3, -0.25) is 11.3 Å². The van der Waals surface area contributed by atoms with Crippen LogP contribution in [0.5, 0.6) is 0 Å². The van der Waals surface area contributed by atoms with Crippen molar-refractivity contribution in [3.63, 3.8) is 0 Å². The van der Waals surface area contributed by atoms with Crippen molar-refractivity contribution in [2.24, 2.45) is 5.84 Å². The highest BCUT2D eigenvalue weighted by atomic mass is 32.2. The van der Waals surface area contributed by atoms with Crippen LogP contribution in [-0.4, -0.2) is 26.5 Å². The summed E-state index contributed by atoms with van der Waals surface area (Å²) in [6.45, 7) is 0. The number of aryl methyl sites for hydroxylation is 1. The number of furan rings is 1. The fourth-order valence-electron chi connectivity index (χ4n) is 1.67. The van der Waals surface area contributed by atoms with Crippen molar-refractivity contribution < 1.29 is 12.8 Å². The van der Waals surface area contributed by atoms with Crippen molar-refractivity contribution in [3.8, 4) is 0 Å². The van der Waals surface area contributed by atoms with Crippen molar-refractivity contribution in [3.05, 3.63) is 24.2 Å². The highest BCUT2D eigenvalue weighted by Crippen LogP contribution is 2.09. The van der Waals surface area contributed by atoms with Gasteiger partial charge in [-0.25, -0.2) is 8.42 Å². The zero-order chi connectivity index (χ0) is 12.7. The second kappa shape index (κ2) is 6.78. The number of rotatable bonds is 8. The molecule has 1 rings (SSSR count). The van der Waals surface area contributed by atoms with E-state index in [-0.39, 0.29) is 11.8 Å². The number of hydrogen-bond acceptors (Lipinski definition) is 5. The molecule has 1 heterocycles. The van der Waals surface area contributed by atoms with Gasteiger partial charge in [-0.2, -0.15) is 0 Å². The first kappa shape index (κ1) is 14.2. The highest BCUT2D eigenvalue weighted by molar-refractivity contribution is 7.90. The maximum atomic E-state index is 11.0. The maximum Gasteiger partial charge on any atom is 0.147 e. The Morgan fingerprint density at radius 2 is 2.24 bits per heavy atom. The molecular formula is C11H20N2O3S. The summed E-state index contributed by atoms with van der Waals surface area (Å²) in [6.07, 6.45) is 5.93. The van der Waals surface area contributed by atoms with Crippen LogP contribution in [0.2, 0.25) is 0 Å². The molecular weight excluding hydrogens is 240 g/mol. The van der Waals surface area contributed by atoms with Gasteiger partial charge in [0.05, 0.1) is 6.26 Å². The van der Waals surface area contributed by atoms with Gasteiger partial charge in [-0.05, 0) is 31.4 Å². The Labute approximate surface area is 102 Å². The van der Waals surface area contributed by atoms with Gasteiger partial charge in [0.15, 0.2) is 0 Å². The van der Waals surface area contributed by atoms with E-state index in [4.69, 9.17) is 10.3 Å². The Morgan fingerprint density at radius 1 is 1.47 bits per heavy atom. The van der Waals surface area contributed by atoms with Crippen molar-refractivity contribution in [1.82, 2.24) is 5.43 Å². The first-order chi connectivity index (χ1) is 8.01. The van der Waals surface area contributed by atoms with Crippen LogP contribution in [0.1, 0.15) is 25.0 Å². The Bertz CT molecular complexity index is 400. The molecule has 6 heteroatoms. The van der Waals surface area contributed by atoms with Gasteiger partial charge in [-0.15, -0.1) is 0 Å². The average Bonchev–Trinajstić information content (AvgIpc) is 2.74. The summed E-state index contributed by atoms with van der Waals surface area (Å²) in [7, 11) is -2.87. The monoisotopic (exact) mass is 260 g/mol. The van der Waals surface area contributed by atoms with Gasteiger partial charge in [0.2, 0.25) is 0 Å². The number of sulfone groups is 1. The molecule has 0 aliphatic rings. The lowest BCUT2D eigenvalue weighted by Gasteiger charge is -2.14. The summed E-state index contributed by atoms with van der Waals surface area (Å²) in [5, 5.41) is 0. The molecule has 0 aromatic carbocycles. The summed E-state index contributed by atoms with van der Waals surface area (Å²) in [5.41, 5.74) is 2.71. The number of hydrazine groups is 1. The zero-order valence-electron chi connectivity index (χ0n) is 10.1. The van der Waals surface area contributed by atoms with Crippen molar-refractivity contribution in [2.45, 2.75) is 31.7 Å². The molecule has 1 unspecified atom stereocenters. The predicted octanol–water partition coefficient (Wildman–Crippen LogP) is 0.869. The third-order valence-corrected chi connectivity index (χ3v) is 3.65. The molecule has 1 atom stereocenters. The normalized spacial score (nSPS) is 13.8. The molecule has 98 valence electrons. The summed E-state index contributed by atoms with van der Waals surface area (Å²) < 4.78 is 27.2. The van der Waals surface area contributed by atoms with Crippen LogP contribution < -0.4 is 11.3 Å². The van der Waals surface area contributed by atoms with E-state index < -0.39 is 9.84 Å². The minimum absolute atomic E-state index is 0.127. The lowest BCUT2D eigenvalue weighted by molar-refractivity contribution is 0.429. The molecule has 0 aliphatic heterocycles. The fourth-order valence-corrected chi connectivity index (χ4v) is 2.37. The summed E-state index contributed by atoms with van der Waals surface area (Å²) in [4.78, 5) is 0. The Kier molecular flexibility index (Phi) is 5.67. The Morgan fingerprint density at radius 3 is 2.76 bits per heavy atom. The van der Waals surface area contributed by atoms with Crippen LogP contribution in [0, 0.1) is 0 Å². The van der Waals surface area contributed by atoms with Gasteiger partial charge in [0.1, 0.15) is 15.6 Å². The van der Waals surface area contributed by atoms with Gasteiger partial charge in [0, 0.05) is 24.5 Å².